The highest BCUT2D eigenvalue weighted by Crippen LogP contribution is 2.23. The van der Waals surface area contributed by atoms with Crippen molar-refractivity contribution < 1.29 is 4.79 Å². The van der Waals surface area contributed by atoms with Crippen LogP contribution in [0.15, 0.2) is 42.7 Å². The first kappa shape index (κ1) is 19.7. The molecule has 0 bridgehead atoms. The number of piperazine rings is 1. The molecule has 2 fully saturated rings. The summed E-state index contributed by atoms with van der Waals surface area (Å²) in [4.78, 5) is 24.2. The van der Waals surface area contributed by atoms with Crippen LogP contribution in [0.2, 0.25) is 0 Å². The highest BCUT2D eigenvalue weighted by Gasteiger charge is 2.17. The molecule has 4 rings (SSSR count). The summed E-state index contributed by atoms with van der Waals surface area (Å²) in [6.45, 7) is 9.57. The van der Waals surface area contributed by atoms with Crippen molar-refractivity contribution >= 4 is 23.0 Å². The number of benzene rings is 1. The predicted octanol–water partition coefficient (Wildman–Crippen LogP) is 3.47. The Labute approximate surface area is 173 Å². The molecule has 2 aliphatic heterocycles. The van der Waals surface area contributed by atoms with Gasteiger partial charge in [0.15, 0.2) is 0 Å². The maximum Gasteiger partial charge on any atom is 0.257 e. The largest absolute Gasteiger partial charge is 0.372 e. The van der Waals surface area contributed by atoms with E-state index in [0.29, 0.717) is 5.56 Å². The van der Waals surface area contributed by atoms with Gasteiger partial charge in [0.1, 0.15) is 0 Å². The molecule has 6 heteroatoms. The molecular formula is C23H31N5O. The molecule has 1 N–H and O–H groups in total. The van der Waals surface area contributed by atoms with Gasteiger partial charge >= 0.3 is 0 Å². The molecule has 6 nitrogen and oxygen atoms in total. The second-order valence-electron chi connectivity index (χ2n) is 7.90. The Hall–Kier alpha value is -2.60. The summed E-state index contributed by atoms with van der Waals surface area (Å²) in [7, 11) is 0. The predicted molar refractivity (Wildman–Crippen MR) is 119 cm³/mol. The Morgan fingerprint density at radius 1 is 0.897 bits per heavy atom. The Bertz CT molecular complexity index is 808. The highest BCUT2D eigenvalue weighted by atomic mass is 16.1. The molecule has 1 aromatic carbocycles. The number of amides is 1. The van der Waals surface area contributed by atoms with E-state index >= 15 is 0 Å². The Balaban J connectivity index is 1.38. The van der Waals surface area contributed by atoms with Crippen molar-refractivity contribution in [2.75, 3.05) is 60.9 Å². The van der Waals surface area contributed by atoms with E-state index in [9.17, 15) is 4.79 Å². The van der Waals surface area contributed by atoms with Gasteiger partial charge in [0.05, 0.1) is 17.4 Å². The molecule has 2 aliphatic rings. The van der Waals surface area contributed by atoms with Crippen molar-refractivity contribution in [1.82, 2.24) is 9.88 Å². The lowest BCUT2D eigenvalue weighted by atomic mass is 10.1. The monoisotopic (exact) mass is 393 g/mol. The quantitative estimate of drug-likeness (QED) is 0.843. The van der Waals surface area contributed by atoms with Crippen LogP contribution >= 0.6 is 0 Å². The van der Waals surface area contributed by atoms with Gasteiger partial charge in [-0.05, 0) is 56.1 Å². The minimum absolute atomic E-state index is 0.114. The fourth-order valence-electron chi connectivity index (χ4n) is 4.16. The van der Waals surface area contributed by atoms with Crippen molar-refractivity contribution in [2.45, 2.75) is 26.2 Å². The number of rotatable bonds is 5. The molecule has 0 atom stereocenters. The highest BCUT2D eigenvalue weighted by molar-refractivity contribution is 6.04. The van der Waals surface area contributed by atoms with Gasteiger partial charge in [0, 0.05) is 56.8 Å². The summed E-state index contributed by atoms with van der Waals surface area (Å²) in [5.41, 5.74) is 3.67. The first-order valence-electron chi connectivity index (χ1n) is 10.8. The Morgan fingerprint density at radius 3 is 2.28 bits per heavy atom. The average Bonchev–Trinajstić information content (AvgIpc) is 2.80. The van der Waals surface area contributed by atoms with Crippen LogP contribution in [0, 0.1) is 0 Å². The molecule has 0 spiro atoms. The zero-order chi connectivity index (χ0) is 20.1. The minimum Gasteiger partial charge on any atom is -0.372 e. The van der Waals surface area contributed by atoms with Crippen LogP contribution in [0.4, 0.5) is 17.1 Å². The van der Waals surface area contributed by atoms with Gasteiger partial charge in [-0.1, -0.05) is 6.92 Å². The number of piperidine rings is 1. The van der Waals surface area contributed by atoms with E-state index in [1.165, 1.54) is 24.9 Å². The van der Waals surface area contributed by atoms with Gasteiger partial charge in [0.2, 0.25) is 0 Å². The molecule has 1 amide bonds. The molecule has 29 heavy (non-hydrogen) atoms. The van der Waals surface area contributed by atoms with Crippen LogP contribution in [-0.4, -0.2) is 61.6 Å². The molecule has 3 heterocycles. The number of nitrogens with one attached hydrogen (secondary N) is 1. The van der Waals surface area contributed by atoms with Gasteiger partial charge in [0.25, 0.3) is 5.91 Å². The molecule has 2 saturated heterocycles. The average molecular weight is 394 g/mol. The Kier molecular flexibility index (Phi) is 6.30. The van der Waals surface area contributed by atoms with E-state index in [4.69, 9.17) is 0 Å². The summed E-state index contributed by atoms with van der Waals surface area (Å²) in [5, 5.41) is 3.01. The summed E-state index contributed by atoms with van der Waals surface area (Å²) in [6, 6.07) is 10.1. The fraction of sp³-hybridized carbons (Fsp3) is 0.478. The smallest absolute Gasteiger partial charge is 0.257 e. The maximum atomic E-state index is 12.7. The summed E-state index contributed by atoms with van der Waals surface area (Å²) < 4.78 is 0. The summed E-state index contributed by atoms with van der Waals surface area (Å²) in [5.74, 6) is -0.114. The van der Waals surface area contributed by atoms with E-state index in [2.05, 4.69) is 44.1 Å². The van der Waals surface area contributed by atoms with Gasteiger partial charge in [-0.25, -0.2) is 0 Å². The number of carbonyl (C=O) groups is 1. The van der Waals surface area contributed by atoms with E-state index < -0.39 is 0 Å². The SMILES string of the molecule is CCN1CCN(c2cncc(C(=O)Nc3ccc(N4CCCCC4)cc3)c2)CC1. The van der Waals surface area contributed by atoms with E-state index in [0.717, 1.165) is 57.2 Å². The number of nitrogens with zero attached hydrogens (tertiary/aromatic N) is 4. The van der Waals surface area contributed by atoms with Crippen LogP contribution in [0.1, 0.15) is 36.5 Å². The number of aromatic nitrogens is 1. The molecule has 154 valence electrons. The number of hydrogen-bond acceptors (Lipinski definition) is 5. The first-order valence-corrected chi connectivity index (χ1v) is 10.8. The lowest BCUT2D eigenvalue weighted by molar-refractivity contribution is 0.102. The number of anilines is 3. The normalized spacial score (nSPS) is 18.0. The third kappa shape index (κ3) is 4.88. The van der Waals surface area contributed by atoms with E-state index in [1.54, 1.807) is 6.20 Å². The molecule has 2 aromatic rings. The second-order valence-corrected chi connectivity index (χ2v) is 7.90. The maximum absolute atomic E-state index is 12.7. The molecular weight excluding hydrogens is 362 g/mol. The van der Waals surface area contributed by atoms with E-state index in [1.807, 2.05) is 24.4 Å². The Morgan fingerprint density at radius 2 is 1.59 bits per heavy atom. The standard InChI is InChI=1S/C23H31N5O/c1-2-26-12-14-28(15-13-26)22-16-19(17-24-18-22)23(29)25-20-6-8-21(9-7-20)27-10-4-3-5-11-27/h6-9,16-18H,2-5,10-15H2,1H3,(H,25,29). The lowest BCUT2D eigenvalue weighted by Gasteiger charge is -2.35. The van der Waals surface area contributed by atoms with Crippen molar-refractivity contribution in [3.8, 4) is 0 Å². The van der Waals surface area contributed by atoms with Crippen LogP contribution < -0.4 is 15.1 Å². The number of hydrogen-bond donors (Lipinski definition) is 1. The van der Waals surface area contributed by atoms with Crippen molar-refractivity contribution in [1.29, 1.82) is 0 Å². The zero-order valence-electron chi connectivity index (χ0n) is 17.3. The first-order chi connectivity index (χ1) is 14.2. The van der Waals surface area contributed by atoms with Crippen LogP contribution in [-0.2, 0) is 0 Å². The summed E-state index contributed by atoms with van der Waals surface area (Å²) >= 11 is 0. The van der Waals surface area contributed by atoms with E-state index in [-0.39, 0.29) is 5.91 Å². The van der Waals surface area contributed by atoms with Crippen molar-refractivity contribution in [3.05, 3.63) is 48.3 Å². The molecule has 0 unspecified atom stereocenters. The van der Waals surface area contributed by atoms with Gasteiger partial charge in [-0.2, -0.15) is 0 Å². The van der Waals surface area contributed by atoms with Crippen LogP contribution in [0.25, 0.3) is 0 Å². The summed E-state index contributed by atoms with van der Waals surface area (Å²) in [6.07, 6.45) is 7.34. The van der Waals surface area contributed by atoms with Gasteiger partial charge in [-0.15, -0.1) is 0 Å². The van der Waals surface area contributed by atoms with Gasteiger partial charge < -0.3 is 20.0 Å². The number of pyridine rings is 1. The van der Waals surface area contributed by atoms with Crippen molar-refractivity contribution in [3.63, 3.8) is 0 Å². The topological polar surface area (TPSA) is 51.7 Å². The van der Waals surface area contributed by atoms with Crippen molar-refractivity contribution in [2.24, 2.45) is 0 Å². The fourth-order valence-corrected chi connectivity index (χ4v) is 4.16. The van der Waals surface area contributed by atoms with Crippen LogP contribution in [0.3, 0.4) is 0 Å². The molecule has 1 aromatic heterocycles. The number of carbonyl (C=O) groups excluding carboxylic acids is 1. The zero-order valence-corrected chi connectivity index (χ0v) is 17.3. The number of likely N-dealkylation sites (N-methyl/N-ethyl adjacent to an activating group) is 1. The van der Waals surface area contributed by atoms with Gasteiger partial charge in [-0.3, -0.25) is 9.78 Å². The molecule has 0 radical (unpaired) electrons. The molecule has 0 saturated carbocycles. The minimum atomic E-state index is -0.114. The second kappa shape index (κ2) is 9.27. The lowest BCUT2D eigenvalue weighted by Crippen LogP contribution is -2.46. The third-order valence-corrected chi connectivity index (χ3v) is 6.02. The molecule has 0 aliphatic carbocycles. The van der Waals surface area contributed by atoms with Crippen LogP contribution in [0.5, 0.6) is 0 Å². The third-order valence-electron chi connectivity index (χ3n) is 6.02.